The fourth-order valence-corrected chi connectivity index (χ4v) is 2.86. The zero-order chi connectivity index (χ0) is 19.8. The number of imidazole rings is 1. The minimum atomic E-state index is -0.649. The molecule has 1 aromatic heterocycles. The monoisotopic (exact) mass is 378 g/mol. The molecular weight excluding hydrogens is 352 g/mol. The van der Waals surface area contributed by atoms with Crippen LogP contribution in [0.4, 0.5) is 0 Å². The molecule has 0 aliphatic rings. The van der Waals surface area contributed by atoms with Crippen molar-refractivity contribution < 1.29 is 9.53 Å². The van der Waals surface area contributed by atoms with E-state index in [-0.39, 0.29) is 12.0 Å². The molecule has 1 heterocycles. The van der Waals surface area contributed by atoms with Crippen molar-refractivity contribution in [2.75, 3.05) is 6.54 Å². The van der Waals surface area contributed by atoms with E-state index in [4.69, 9.17) is 10.5 Å². The van der Waals surface area contributed by atoms with E-state index >= 15 is 0 Å². The number of aromatic nitrogens is 2. The summed E-state index contributed by atoms with van der Waals surface area (Å²) < 4.78 is 7.74. The second-order valence-electron chi connectivity index (χ2n) is 6.82. The van der Waals surface area contributed by atoms with Gasteiger partial charge in [-0.1, -0.05) is 48.5 Å². The number of carbonyl (C=O) groups is 1. The molecule has 3 rings (SSSR count). The minimum Gasteiger partial charge on any atom is -0.489 e. The van der Waals surface area contributed by atoms with Crippen LogP contribution in [0.3, 0.4) is 0 Å². The van der Waals surface area contributed by atoms with Crippen molar-refractivity contribution in [1.29, 1.82) is 0 Å². The molecule has 2 atom stereocenters. The SMILES string of the molecule is CC(CNC(=O)[C@@H](N)Cc1cn(Cc2ccccc2)cn1)Oc1ccccc1. The molecule has 2 aromatic carbocycles. The molecule has 1 amide bonds. The number of benzene rings is 2. The van der Waals surface area contributed by atoms with Crippen molar-refractivity contribution in [3.63, 3.8) is 0 Å². The van der Waals surface area contributed by atoms with Gasteiger partial charge in [0.05, 0.1) is 24.6 Å². The third kappa shape index (κ3) is 5.96. The van der Waals surface area contributed by atoms with E-state index in [9.17, 15) is 4.79 Å². The Bertz CT molecular complexity index is 865. The number of carbonyl (C=O) groups excluding carboxylic acids is 1. The molecule has 0 aliphatic heterocycles. The third-order valence-electron chi connectivity index (χ3n) is 4.30. The number of amides is 1. The van der Waals surface area contributed by atoms with Gasteiger partial charge in [-0.3, -0.25) is 4.79 Å². The molecule has 0 saturated heterocycles. The molecular formula is C22H26N4O2. The molecule has 28 heavy (non-hydrogen) atoms. The van der Waals surface area contributed by atoms with Gasteiger partial charge in [0.1, 0.15) is 11.9 Å². The number of nitrogens with two attached hydrogens (primary N) is 1. The van der Waals surface area contributed by atoms with Gasteiger partial charge in [-0.15, -0.1) is 0 Å². The van der Waals surface area contributed by atoms with Crippen LogP contribution >= 0.6 is 0 Å². The number of para-hydroxylation sites is 1. The van der Waals surface area contributed by atoms with Gasteiger partial charge in [-0.2, -0.15) is 0 Å². The van der Waals surface area contributed by atoms with Gasteiger partial charge in [-0.25, -0.2) is 4.98 Å². The zero-order valence-corrected chi connectivity index (χ0v) is 16.0. The van der Waals surface area contributed by atoms with E-state index in [1.54, 1.807) is 6.33 Å². The van der Waals surface area contributed by atoms with E-state index in [1.165, 1.54) is 5.56 Å². The summed E-state index contributed by atoms with van der Waals surface area (Å²) in [4.78, 5) is 16.6. The predicted octanol–water partition coefficient (Wildman–Crippen LogP) is 2.38. The Morgan fingerprint density at radius 2 is 1.82 bits per heavy atom. The molecule has 0 spiro atoms. The molecule has 0 fully saturated rings. The van der Waals surface area contributed by atoms with Crippen LogP contribution < -0.4 is 15.8 Å². The van der Waals surface area contributed by atoms with Crippen LogP contribution in [-0.4, -0.2) is 34.1 Å². The van der Waals surface area contributed by atoms with Crippen LogP contribution in [0.25, 0.3) is 0 Å². The van der Waals surface area contributed by atoms with Crippen molar-refractivity contribution in [3.05, 3.63) is 84.4 Å². The maximum absolute atomic E-state index is 12.3. The van der Waals surface area contributed by atoms with Crippen molar-refractivity contribution in [2.24, 2.45) is 5.73 Å². The quantitative estimate of drug-likeness (QED) is 0.599. The summed E-state index contributed by atoms with van der Waals surface area (Å²) in [7, 11) is 0. The molecule has 1 unspecified atom stereocenters. The Balaban J connectivity index is 1.44. The summed E-state index contributed by atoms with van der Waals surface area (Å²) in [6.45, 7) is 3.04. The molecule has 146 valence electrons. The van der Waals surface area contributed by atoms with Crippen molar-refractivity contribution in [3.8, 4) is 5.75 Å². The molecule has 3 aromatic rings. The second-order valence-corrected chi connectivity index (χ2v) is 6.82. The smallest absolute Gasteiger partial charge is 0.237 e. The van der Waals surface area contributed by atoms with E-state index in [0.717, 1.165) is 18.0 Å². The number of nitrogens with one attached hydrogen (secondary N) is 1. The van der Waals surface area contributed by atoms with Crippen molar-refractivity contribution >= 4 is 5.91 Å². The standard InChI is InChI=1S/C22H26N4O2/c1-17(28-20-10-6-3-7-11-20)13-24-22(27)21(23)12-19-15-26(16-25-19)14-18-8-4-2-5-9-18/h2-11,15-17,21H,12-14,23H2,1H3,(H,24,27)/t17?,21-/m0/s1. The fraction of sp³-hybridized carbons (Fsp3) is 0.273. The van der Waals surface area contributed by atoms with Gasteiger partial charge in [0.2, 0.25) is 5.91 Å². The van der Waals surface area contributed by atoms with Crippen LogP contribution in [-0.2, 0) is 17.8 Å². The second kappa shape index (κ2) is 9.71. The highest BCUT2D eigenvalue weighted by Crippen LogP contribution is 2.10. The number of nitrogens with zero attached hydrogens (tertiary/aromatic N) is 2. The highest BCUT2D eigenvalue weighted by atomic mass is 16.5. The molecule has 0 bridgehead atoms. The summed E-state index contributed by atoms with van der Waals surface area (Å²) in [6.07, 6.45) is 3.94. The largest absolute Gasteiger partial charge is 0.489 e. The zero-order valence-electron chi connectivity index (χ0n) is 16.0. The number of ether oxygens (including phenoxy) is 1. The number of rotatable bonds is 9. The topological polar surface area (TPSA) is 82.2 Å². The van der Waals surface area contributed by atoms with Crippen LogP contribution in [0.15, 0.2) is 73.2 Å². The van der Waals surface area contributed by atoms with Gasteiger partial charge in [0.15, 0.2) is 0 Å². The average Bonchev–Trinajstić information content (AvgIpc) is 3.14. The summed E-state index contributed by atoms with van der Waals surface area (Å²) >= 11 is 0. The first-order valence-corrected chi connectivity index (χ1v) is 9.39. The molecule has 0 radical (unpaired) electrons. The van der Waals surface area contributed by atoms with Gasteiger partial charge in [0, 0.05) is 19.2 Å². The lowest BCUT2D eigenvalue weighted by atomic mass is 10.1. The van der Waals surface area contributed by atoms with Crippen molar-refractivity contribution in [1.82, 2.24) is 14.9 Å². The Morgan fingerprint density at radius 3 is 2.54 bits per heavy atom. The number of hydrogen-bond acceptors (Lipinski definition) is 4. The molecule has 6 nitrogen and oxygen atoms in total. The third-order valence-corrected chi connectivity index (χ3v) is 4.30. The lowest BCUT2D eigenvalue weighted by Gasteiger charge is -2.17. The van der Waals surface area contributed by atoms with Gasteiger partial charge >= 0.3 is 0 Å². The first-order valence-electron chi connectivity index (χ1n) is 9.39. The predicted molar refractivity (Wildman–Crippen MR) is 109 cm³/mol. The molecule has 0 saturated carbocycles. The van der Waals surface area contributed by atoms with Gasteiger partial charge in [0.25, 0.3) is 0 Å². The molecule has 6 heteroatoms. The first-order chi connectivity index (χ1) is 13.6. The van der Waals surface area contributed by atoms with Crippen molar-refractivity contribution in [2.45, 2.75) is 32.0 Å². The number of hydrogen-bond donors (Lipinski definition) is 2. The van der Waals surface area contributed by atoms with Gasteiger partial charge in [-0.05, 0) is 24.6 Å². The average molecular weight is 378 g/mol. The highest BCUT2D eigenvalue weighted by molar-refractivity contribution is 5.81. The Labute approximate surface area is 165 Å². The minimum absolute atomic E-state index is 0.149. The fourth-order valence-electron chi connectivity index (χ4n) is 2.86. The van der Waals surface area contributed by atoms with E-state index < -0.39 is 6.04 Å². The summed E-state index contributed by atoms with van der Waals surface area (Å²) in [6, 6.07) is 19.0. The Kier molecular flexibility index (Phi) is 6.81. The maximum Gasteiger partial charge on any atom is 0.237 e. The van der Waals surface area contributed by atoms with Crippen LogP contribution in [0, 0.1) is 0 Å². The molecule has 0 aliphatic carbocycles. The lowest BCUT2D eigenvalue weighted by molar-refractivity contribution is -0.122. The van der Waals surface area contributed by atoms with E-state index in [0.29, 0.717) is 13.0 Å². The van der Waals surface area contributed by atoms with Crippen LogP contribution in [0.5, 0.6) is 5.75 Å². The first kappa shape index (κ1) is 19.6. The highest BCUT2D eigenvalue weighted by Gasteiger charge is 2.16. The van der Waals surface area contributed by atoms with E-state index in [1.807, 2.05) is 66.2 Å². The van der Waals surface area contributed by atoms with E-state index in [2.05, 4.69) is 22.4 Å². The maximum atomic E-state index is 12.3. The lowest BCUT2D eigenvalue weighted by Crippen LogP contribution is -2.45. The normalized spacial score (nSPS) is 12.9. The van der Waals surface area contributed by atoms with Crippen LogP contribution in [0.2, 0.25) is 0 Å². The molecule has 3 N–H and O–H groups in total. The van der Waals surface area contributed by atoms with Crippen LogP contribution in [0.1, 0.15) is 18.2 Å². The summed E-state index contributed by atoms with van der Waals surface area (Å²) in [5.41, 5.74) is 8.04. The Hall–Kier alpha value is -3.12. The Morgan fingerprint density at radius 1 is 1.14 bits per heavy atom. The summed E-state index contributed by atoms with van der Waals surface area (Å²) in [5.74, 6) is 0.568. The summed E-state index contributed by atoms with van der Waals surface area (Å²) in [5, 5.41) is 2.85. The van der Waals surface area contributed by atoms with Gasteiger partial charge < -0.3 is 20.4 Å².